The van der Waals surface area contributed by atoms with Gasteiger partial charge in [0, 0.05) is 24.8 Å². The van der Waals surface area contributed by atoms with E-state index in [1.807, 2.05) is 13.8 Å². The highest BCUT2D eigenvalue weighted by Crippen LogP contribution is 2.16. The number of methoxy groups -OCH3 is 1. The first-order valence-corrected chi connectivity index (χ1v) is 8.11. The fraction of sp³-hybridized carbons (Fsp3) is 0.312. The molecule has 122 valence electrons. The second kappa shape index (κ2) is 7.73. The summed E-state index contributed by atoms with van der Waals surface area (Å²) in [5.74, 6) is 0.383. The van der Waals surface area contributed by atoms with Gasteiger partial charge in [0.05, 0.1) is 7.11 Å². The van der Waals surface area contributed by atoms with Gasteiger partial charge in [0.1, 0.15) is 10.6 Å². The van der Waals surface area contributed by atoms with Gasteiger partial charge in [-0.25, -0.2) is 0 Å². The Balaban J connectivity index is 2.32. The van der Waals surface area contributed by atoms with E-state index in [0.29, 0.717) is 34.2 Å². The minimum atomic E-state index is -0.326. The van der Waals surface area contributed by atoms with Gasteiger partial charge >= 0.3 is 0 Å². The Morgan fingerprint density at radius 3 is 2.57 bits per heavy atom. The molecule has 0 bridgehead atoms. The second-order valence-electron chi connectivity index (χ2n) is 4.63. The standard InChI is InChI=1S/C16H19N3O3S/c1-4-17-16-19(5-2)14(20)10-13(23-16)15(21)18-11-6-8-12(22-3)9-7-11/h6-10H,4-5H2,1-3H3,(H,18,21). The lowest BCUT2D eigenvalue weighted by molar-refractivity contribution is 0.103. The number of anilines is 1. The first-order chi connectivity index (χ1) is 11.1. The zero-order valence-electron chi connectivity index (χ0n) is 13.3. The van der Waals surface area contributed by atoms with Crippen LogP contribution in [0, 0.1) is 0 Å². The Morgan fingerprint density at radius 1 is 1.30 bits per heavy atom. The molecule has 0 fully saturated rings. The van der Waals surface area contributed by atoms with Crippen molar-refractivity contribution in [1.29, 1.82) is 0 Å². The summed E-state index contributed by atoms with van der Waals surface area (Å²) in [4.78, 5) is 29.7. The maximum atomic E-state index is 12.4. The lowest BCUT2D eigenvalue weighted by Crippen LogP contribution is -2.32. The Morgan fingerprint density at radius 2 is 2.00 bits per heavy atom. The van der Waals surface area contributed by atoms with Crippen LogP contribution in [0.4, 0.5) is 5.69 Å². The third-order valence-electron chi connectivity index (χ3n) is 3.13. The predicted molar refractivity (Wildman–Crippen MR) is 91.3 cm³/mol. The van der Waals surface area contributed by atoms with Gasteiger partial charge < -0.3 is 10.1 Å². The highest BCUT2D eigenvalue weighted by molar-refractivity contribution is 7.11. The molecule has 0 aliphatic heterocycles. The van der Waals surface area contributed by atoms with Crippen LogP contribution in [0.3, 0.4) is 0 Å². The molecule has 0 aliphatic carbocycles. The van der Waals surface area contributed by atoms with E-state index in [1.54, 1.807) is 35.9 Å². The van der Waals surface area contributed by atoms with Gasteiger partial charge in [-0.1, -0.05) is 11.3 Å². The van der Waals surface area contributed by atoms with Crippen molar-refractivity contribution in [1.82, 2.24) is 4.57 Å². The molecule has 1 amide bonds. The van der Waals surface area contributed by atoms with Crippen LogP contribution in [0.5, 0.6) is 5.75 Å². The molecular formula is C16H19N3O3S. The lowest BCUT2D eigenvalue weighted by Gasteiger charge is -2.07. The molecule has 0 unspecified atom stereocenters. The van der Waals surface area contributed by atoms with Crippen LogP contribution in [-0.4, -0.2) is 24.1 Å². The van der Waals surface area contributed by atoms with Crippen molar-refractivity contribution in [3.05, 3.63) is 50.4 Å². The first kappa shape index (κ1) is 17.0. The number of hydrogen-bond donors (Lipinski definition) is 1. The van der Waals surface area contributed by atoms with E-state index in [1.165, 1.54) is 17.4 Å². The summed E-state index contributed by atoms with van der Waals surface area (Å²) < 4.78 is 6.63. The zero-order chi connectivity index (χ0) is 16.8. The minimum absolute atomic E-state index is 0.224. The highest BCUT2D eigenvalue weighted by atomic mass is 32.1. The number of rotatable bonds is 5. The summed E-state index contributed by atoms with van der Waals surface area (Å²) >= 11 is 1.21. The van der Waals surface area contributed by atoms with Crippen LogP contribution in [0.25, 0.3) is 0 Å². The van der Waals surface area contributed by atoms with E-state index in [-0.39, 0.29) is 11.5 Å². The third-order valence-corrected chi connectivity index (χ3v) is 4.19. The molecule has 0 saturated heterocycles. The second-order valence-corrected chi connectivity index (χ2v) is 5.64. The van der Waals surface area contributed by atoms with Crippen LogP contribution in [0.1, 0.15) is 23.5 Å². The van der Waals surface area contributed by atoms with E-state index >= 15 is 0 Å². The van der Waals surface area contributed by atoms with Crippen LogP contribution in [0.15, 0.2) is 40.1 Å². The molecule has 1 aromatic carbocycles. The molecule has 2 aromatic rings. The molecule has 6 nitrogen and oxygen atoms in total. The molecule has 7 heteroatoms. The Bertz CT molecular complexity index is 807. The van der Waals surface area contributed by atoms with Crippen molar-refractivity contribution >= 4 is 22.9 Å². The summed E-state index contributed by atoms with van der Waals surface area (Å²) in [6.07, 6.45) is 0. The molecular weight excluding hydrogens is 314 g/mol. The maximum absolute atomic E-state index is 12.4. The monoisotopic (exact) mass is 333 g/mol. The Labute approximate surface area is 138 Å². The normalized spacial score (nSPS) is 11.3. The number of ether oxygens (including phenoxy) is 1. The van der Waals surface area contributed by atoms with E-state index < -0.39 is 0 Å². The average Bonchev–Trinajstić information content (AvgIpc) is 2.55. The van der Waals surface area contributed by atoms with Crippen LogP contribution in [-0.2, 0) is 6.54 Å². The molecule has 0 saturated carbocycles. The van der Waals surface area contributed by atoms with Crippen molar-refractivity contribution in [3.8, 4) is 5.75 Å². The van der Waals surface area contributed by atoms with Gasteiger partial charge in [0.2, 0.25) is 0 Å². The largest absolute Gasteiger partial charge is 0.497 e. The zero-order valence-corrected chi connectivity index (χ0v) is 14.1. The summed E-state index contributed by atoms with van der Waals surface area (Å²) in [5, 5.41) is 2.77. The number of nitrogens with one attached hydrogen (secondary N) is 1. The summed E-state index contributed by atoms with van der Waals surface area (Å²) in [5.41, 5.74) is 0.412. The Kier molecular flexibility index (Phi) is 5.70. The fourth-order valence-electron chi connectivity index (χ4n) is 1.99. The van der Waals surface area contributed by atoms with E-state index in [0.717, 1.165) is 0 Å². The number of hydrogen-bond acceptors (Lipinski definition) is 5. The molecule has 2 rings (SSSR count). The summed E-state index contributed by atoms with van der Waals surface area (Å²) in [6, 6.07) is 8.34. The Hall–Kier alpha value is -2.41. The van der Waals surface area contributed by atoms with E-state index in [4.69, 9.17) is 4.74 Å². The van der Waals surface area contributed by atoms with Crippen LogP contribution >= 0.6 is 11.3 Å². The molecule has 1 heterocycles. The van der Waals surface area contributed by atoms with Crippen molar-refractivity contribution in [2.45, 2.75) is 20.4 Å². The maximum Gasteiger partial charge on any atom is 0.266 e. The van der Waals surface area contributed by atoms with Crippen molar-refractivity contribution in [2.75, 3.05) is 19.0 Å². The minimum Gasteiger partial charge on any atom is -0.497 e. The van der Waals surface area contributed by atoms with Gasteiger partial charge in [-0.15, -0.1) is 0 Å². The van der Waals surface area contributed by atoms with Crippen molar-refractivity contribution in [2.24, 2.45) is 4.99 Å². The van der Waals surface area contributed by atoms with Gasteiger partial charge in [0.25, 0.3) is 11.5 Å². The van der Waals surface area contributed by atoms with E-state index in [9.17, 15) is 9.59 Å². The van der Waals surface area contributed by atoms with Crippen molar-refractivity contribution in [3.63, 3.8) is 0 Å². The third kappa shape index (κ3) is 4.07. The number of amides is 1. The smallest absolute Gasteiger partial charge is 0.266 e. The predicted octanol–water partition coefficient (Wildman–Crippen LogP) is 2.11. The molecule has 23 heavy (non-hydrogen) atoms. The quantitative estimate of drug-likeness (QED) is 0.911. The molecule has 1 N–H and O–H groups in total. The number of aromatic nitrogens is 1. The lowest BCUT2D eigenvalue weighted by atomic mass is 10.3. The molecule has 0 spiro atoms. The number of carbonyl (C=O) groups excluding carboxylic acids is 1. The number of carbonyl (C=O) groups is 1. The molecule has 0 aliphatic rings. The van der Waals surface area contributed by atoms with Gasteiger partial charge in [-0.2, -0.15) is 0 Å². The molecule has 0 atom stereocenters. The molecule has 0 radical (unpaired) electrons. The van der Waals surface area contributed by atoms with Crippen LogP contribution in [0.2, 0.25) is 0 Å². The fourth-order valence-corrected chi connectivity index (χ4v) is 3.01. The first-order valence-electron chi connectivity index (χ1n) is 7.30. The summed E-state index contributed by atoms with van der Waals surface area (Å²) in [7, 11) is 1.58. The average molecular weight is 333 g/mol. The van der Waals surface area contributed by atoms with Gasteiger partial charge in [-0.3, -0.25) is 19.1 Å². The van der Waals surface area contributed by atoms with E-state index in [2.05, 4.69) is 10.3 Å². The topological polar surface area (TPSA) is 72.7 Å². The van der Waals surface area contributed by atoms with Gasteiger partial charge in [-0.05, 0) is 38.1 Å². The van der Waals surface area contributed by atoms with Gasteiger partial charge in [0.15, 0.2) is 4.80 Å². The van der Waals surface area contributed by atoms with Crippen molar-refractivity contribution < 1.29 is 9.53 Å². The number of nitrogens with zero attached hydrogens (tertiary/aromatic N) is 2. The molecule has 1 aromatic heterocycles. The SMILES string of the molecule is CCN=c1sc(C(=O)Nc2ccc(OC)cc2)cc(=O)n1CC. The number of benzene rings is 1. The van der Waals surface area contributed by atoms with Crippen LogP contribution < -0.4 is 20.4 Å². The summed E-state index contributed by atoms with van der Waals surface area (Å²) in [6.45, 7) is 4.84. The highest BCUT2D eigenvalue weighted by Gasteiger charge is 2.11.